The highest BCUT2D eigenvalue weighted by atomic mass is 15.2. The molecule has 1 saturated carbocycles. The van der Waals surface area contributed by atoms with E-state index in [9.17, 15) is 0 Å². The molecule has 0 saturated heterocycles. The molecule has 1 aliphatic rings. The highest BCUT2D eigenvalue weighted by molar-refractivity contribution is 4.77. The topological polar surface area (TPSA) is 6.48 Å². The number of likely N-dealkylation sites (N-methyl/N-ethyl adjacent to an activating group) is 2. The van der Waals surface area contributed by atoms with E-state index >= 15 is 0 Å². The second-order valence-corrected chi connectivity index (χ2v) is 5.37. The highest BCUT2D eigenvalue weighted by Gasteiger charge is 2.22. The van der Waals surface area contributed by atoms with E-state index in [1.165, 1.54) is 45.2 Å². The van der Waals surface area contributed by atoms with Gasteiger partial charge in [-0.3, -0.25) is 0 Å². The van der Waals surface area contributed by atoms with Crippen molar-refractivity contribution in [3.8, 4) is 0 Å². The van der Waals surface area contributed by atoms with Gasteiger partial charge in [0.15, 0.2) is 0 Å². The average Bonchev–Trinajstić information content (AvgIpc) is 2.26. The van der Waals surface area contributed by atoms with Gasteiger partial charge in [0.2, 0.25) is 0 Å². The first-order valence-electron chi connectivity index (χ1n) is 6.48. The summed E-state index contributed by atoms with van der Waals surface area (Å²) in [6.07, 6.45) is 7.12. The van der Waals surface area contributed by atoms with E-state index in [1.54, 1.807) is 0 Å². The summed E-state index contributed by atoms with van der Waals surface area (Å²) in [4.78, 5) is 4.83. The lowest BCUT2D eigenvalue weighted by atomic mass is 9.84. The van der Waals surface area contributed by atoms with Gasteiger partial charge in [0.05, 0.1) is 0 Å². The number of hydrogen-bond donors (Lipinski definition) is 0. The Labute approximate surface area is 95.6 Å². The lowest BCUT2D eigenvalue weighted by Gasteiger charge is -2.34. The third kappa shape index (κ3) is 4.52. The molecular weight excluding hydrogens is 184 g/mol. The molecule has 0 bridgehead atoms. The quantitative estimate of drug-likeness (QED) is 0.691. The zero-order valence-electron chi connectivity index (χ0n) is 11.0. The first kappa shape index (κ1) is 13.0. The summed E-state index contributed by atoms with van der Waals surface area (Å²) in [6, 6.07) is 0.854. The zero-order valence-corrected chi connectivity index (χ0v) is 11.0. The van der Waals surface area contributed by atoms with Crippen molar-refractivity contribution < 1.29 is 0 Å². The fraction of sp³-hybridized carbons (Fsp3) is 1.00. The van der Waals surface area contributed by atoms with Crippen LogP contribution in [0.4, 0.5) is 0 Å². The number of hydrogen-bond acceptors (Lipinski definition) is 2. The summed E-state index contributed by atoms with van der Waals surface area (Å²) in [7, 11) is 6.60. The van der Waals surface area contributed by atoms with Crippen LogP contribution >= 0.6 is 0 Å². The molecule has 0 atom stereocenters. The maximum Gasteiger partial charge on any atom is 0.0109 e. The summed E-state index contributed by atoms with van der Waals surface area (Å²) < 4.78 is 0. The molecule has 2 heteroatoms. The van der Waals surface area contributed by atoms with Gasteiger partial charge in [-0.05, 0) is 52.7 Å². The highest BCUT2D eigenvalue weighted by Crippen LogP contribution is 2.28. The fourth-order valence-corrected chi connectivity index (χ4v) is 2.53. The van der Waals surface area contributed by atoms with E-state index in [2.05, 4.69) is 37.9 Å². The molecule has 0 aromatic heterocycles. The van der Waals surface area contributed by atoms with Gasteiger partial charge in [0, 0.05) is 19.1 Å². The Kier molecular flexibility index (Phi) is 5.62. The Balaban J connectivity index is 2.20. The SMILES string of the molecule is CCC1CCC(N(C)CCN(C)C)CC1. The molecule has 0 amide bonds. The van der Waals surface area contributed by atoms with Crippen molar-refractivity contribution in [2.75, 3.05) is 34.2 Å². The predicted molar refractivity (Wildman–Crippen MR) is 67.2 cm³/mol. The van der Waals surface area contributed by atoms with Crippen LogP contribution in [-0.4, -0.2) is 50.1 Å². The molecule has 0 aromatic rings. The second kappa shape index (κ2) is 6.49. The third-order valence-corrected chi connectivity index (χ3v) is 3.92. The second-order valence-electron chi connectivity index (χ2n) is 5.37. The Hall–Kier alpha value is -0.0800. The Morgan fingerprint density at radius 2 is 1.53 bits per heavy atom. The number of nitrogens with zero attached hydrogens (tertiary/aromatic N) is 2. The fourth-order valence-electron chi connectivity index (χ4n) is 2.53. The third-order valence-electron chi connectivity index (χ3n) is 3.92. The minimum atomic E-state index is 0.854. The van der Waals surface area contributed by atoms with Crippen LogP contribution in [0.1, 0.15) is 39.0 Å². The van der Waals surface area contributed by atoms with Crippen molar-refractivity contribution in [1.29, 1.82) is 0 Å². The molecule has 0 N–H and O–H groups in total. The minimum absolute atomic E-state index is 0.854. The van der Waals surface area contributed by atoms with Gasteiger partial charge in [-0.1, -0.05) is 13.3 Å². The largest absolute Gasteiger partial charge is 0.308 e. The normalized spacial score (nSPS) is 27.6. The molecule has 90 valence electrons. The maximum atomic E-state index is 2.56. The monoisotopic (exact) mass is 212 g/mol. The Bertz CT molecular complexity index is 160. The van der Waals surface area contributed by atoms with Crippen molar-refractivity contribution in [3.05, 3.63) is 0 Å². The molecule has 1 rings (SSSR count). The van der Waals surface area contributed by atoms with Gasteiger partial charge in [-0.25, -0.2) is 0 Å². The van der Waals surface area contributed by atoms with Crippen LogP contribution in [-0.2, 0) is 0 Å². The molecule has 0 heterocycles. The van der Waals surface area contributed by atoms with Crippen LogP contribution in [0.5, 0.6) is 0 Å². The molecule has 0 radical (unpaired) electrons. The van der Waals surface area contributed by atoms with Crippen LogP contribution < -0.4 is 0 Å². The van der Waals surface area contributed by atoms with Crippen LogP contribution in [0.15, 0.2) is 0 Å². The van der Waals surface area contributed by atoms with E-state index in [4.69, 9.17) is 0 Å². The van der Waals surface area contributed by atoms with Crippen molar-refractivity contribution in [3.63, 3.8) is 0 Å². The average molecular weight is 212 g/mol. The molecule has 1 aliphatic carbocycles. The maximum absolute atomic E-state index is 2.56. The van der Waals surface area contributed by atoms with Gasteiger partial charge in [0.25, 0.3) is 0 Å². The van der Waals surface area contributed by atoms with Gasteiger partial charge in [-0.2, -0.15) is 0 Å². The molecule has 15 heavy (non-hydrogen) atoms. The van der Waals surface area contributed by atoms with Gasteiger partial charge in [-0.15, -0.1) is 0 Å². The van der Waals surface area contributed by atoms with E-state index < -0.39 is 0 Å². The van der Waals surface area contributed by atoms with Crippen LogP contribution in [0.2, 0.25) is 0 Å². The molecule has 0 unspecified atom stereocenters. The van der Waals surface area contributed by atoms with Crippen LogP contribution in [0, 0.1) is 5.92 Å². The van der Waals surface area contributed by atoms with Crippen molar-refractivity contribution in [2.45, 2.75) is 45.1 Å². The smallest absolute Gasteiger partial charge is 0.0109 e. The first-order valence-corrected chi connectivity index (χ1v) is 6.48. The van der Waals surface area contributed by atoms with Crippen molar-refractivity contribution >= 4 is 0 Å². The van der Waals surface area contributed by atoms with E-state index in [0.717, 1.165) is 12.0 Å². The molecule has 0 spiro atoms. The van der Waals surface area contributed by atoms with Gasteiger partial charge >= 0.3 is 0 Å². The standard InChI is InChI=1S/C13H28N2/c1-5-12-6-8-13(9-7-12)15(4)11-10-14(2)3/h12-13H,5-11H2,1-4H3. The summed E-state index contributed by atoms with van der Waals surface area (Å²) >= 11 is 0. The summed E-state index contributed by atoms with van der Waals surface area (Å²) in [5.41, 5.74) is 0. The van der Waals surface area contributed by atoms with Crippen LogP contribution in [0.3, 0.4) is 0 Å². The molecular formula is C13H28N2. The van der Waals surface area contributed by atoms with Crippen LogP contribution in [0.25, 0.3) is 0 Å². The first-order chi connectivity index (χ1) is 7.13. The summed E-state index contributed by atoms with van der Waals surface area (Å²) in [6.45, 7) is 4.74. The van der Waals surface area contributed by atoms with Crippen molar-refractivity contribution in [2.24, 2.45) is 5.92 Å². The molecule has 1 fully saturated rings. The summed E-state index contributed by atoms with van der Waals surface area (Å²) in [5, 5.41) is 0. The molecule has 0 aromatic carbocycles. The Morgan fingerprint density at radius 1 is 0.933 bits per heavy atom. The summed E-state index contributed by atoms with van der Waals surface area (Å²) in [5.74, 6) is 1.02. The predicted octanol–water partition coefficient (Wildman–Crippen LogP) is 2.45. The lowest BCUT2D eigenvalue weighted by Crippen LogP contribution is -2.38. The van der Waals surface area contributed by atoms with Gasteiger partial charge < -0.3 is 9.80 Å². The minimum Gasteiger partial charge on any atom is -0.308 e. The van der Waals surface area contributed by atoms with Crippen molar-refractivity contribution in [1.82, 2.24) is 9.80 Å². The molecule has 2 nitrogen and oxygen atoms in total. The van der Waals surface area contributed by atoms with Gasteiger partial charge in [0.1, 0.15) is 0 Å². The number of rotatable bonds is 5. The zero-order chi connectivity index (χ0) is 11.3. The Morgan fingerprint density at radius 3 is 2.00 bits per heavy atom. The lowest BCUT2D eigenvalue weighted by molar-refractivity contribution is 0.153. The molecule has 0 aliphatic heterocycles. The van der Waals surface area contributed by atoms with E-state index in [-0.39, 0.29) is 0 Å². The van der Waals surface area contributed by atoms with E-state index in [0.29, 0.717) is 0 Å². The van der Waals surface area contributed by atoms with E-state index in [1.807, 2.05) is 0 Å².